The van der Waals surface area contributed by atoms with Gasteiger partial charge in [-0.25, -0.2) is 28.5 Å². The van der Waals surface area contributed by atoms with Crippen LogP contribution in [0.1, 0.15) is 31.7 Å². The highest BCUT2D eigenvalue weighted by Gasteiger charge is 2.24. The molecule has 2 aromatic carbocycles. The van der Waals surface area contributed by atoms with E-state index in [4.69, 9.17) is 10.7 Å². The quantitative estimate of drug-likeness (QED) is 0.262. The van der Waals surface area contributed by atoms with Gasteiger partial charge in [0.2, 0.25) is 0 Å². The molecule has 1 saturated carbocycles. The molecule has 0 saturated heterocycles. The van der Waals surface area contributed by atoms with Crippen LogP contribution in [0.25, 0.3) is 33.5 Å². The Balaban J connectivity index is 1.31. The van der Waals surface area contributed by atoms with Gasteiger partial charge in [0, 0.05) is 29.6 Å². The summed E-state index contributed by atoms with van der Waals surface area (Å²) in [6.45, 7) is 0. The van der Waals surface area contributed by atoms with Crippen molar-refractivity contribution in [1.29, 1.82) is 0 Å². The van der Waals surface area contributed by atoms with Crippen LogP contribution in [0.3, 0.4) is 0 Å². The molecule has 3 heterocycles. The number of anilines is 3. The predicted octanol–water partition coefficient (Wildman–Crippen LogP) is 5.59. The molecular weight excluding hydrogens is 466 g/mol. The maximum absolute atomic E-state index is 13.8. The monoisotopic (exact) mass is 488 g/mol. The van der Waals surface area contributed by atoms with Crippen LogP contribution in [-0.4, -0.2) is 30.5 Å². The van der Waals surface area contributed by atoms with Gasteiger partial charge in [-0.15, -0.1) is 0 Å². The molecule has 36 heavy (non-hydrogen) atoms. The largest absolute Gasteiger partial charge is 0.383 e. The number of nitrogens with one attached hydrogen (secondary N) is 3. The molecule has 6 rings (SSSR count). The average molecular weight is 489 g/mol. The molecule has 0 radical (unpaired) electrons. The number of benzene rings is 2. The van der Waals surface area contributed by atoms with Crippen molar-refractivity contribution in [2.24, 2.45) is 0 Å². The third-order valence-electron chi connectivity index (χ3n) is 6.53. The van der Waals surface area contributed by atoms with Crippen molar-refractivity contribution in [3.63, 3.8) is 0 Å². The number of carbonyl (C=O) groups excluding carboxylic acids is 1. The number of rotatable bonds is 4. The summed E-state index contributed by atoms with van der Waals surface area (Å²) in [5.41, 5.74) is 9.40. The number of nitrogens with zero attached hydrogens (tertiary/aromatic N) is 4. The fraction of sp³-hybridized carbons (Fsp3) is 0.200. The maximum Gasteiger partial charge on any atom is 0.323 e. The Labute approximate surface area is 203 Å². The molecule has 0 unspecified atom stereocenters. The zero-order valence-corrected chi connectivity index (χ0v) is 19.1. The van der Waals surface area contributed by atoms with Gasteiger partial charge in [0.25, 0.3) is 0 Å². The predicted molar refractivity (Wildman–Crippen MR) is 134 cm³/mol. The molecule has 9 nitrogen and oxygen atoms in total. The average Bonchev–Trinajstić information content (AvgIpc) is 3.59. The minimum Gasteiger partial charge on any atom is -0.383 e. The van der Waals surface area contributed by atoms with Gasteiger partial charge in [-0.1, -0.05) is 12.8 Å². The smallest absolute Gasteiger partial charge is 0.323 e. The molecule has 0 bridgehead atoms. The minimum absolute atomic E-state index is 0.254. The van der Waals surface area contributed by atoms with E-state index >= 15 is 0 Å². The molecule has 1 aliphatic rings. The Morgan fingerprint density at radius 2 is 1.92 bits per heavy atom. The Morgan fingerprint density at radius 3 is 2.75 bits per heavy atom. The number of urea groups is 1. The van der Waals surface area contributed by atoms with Crippen molar-refractivity contribution in [3.05, 3.63) is 60.6 Å². The van der Waals surface area contributed by atoms with E-state index in [1.807, 2.05) is 6.20 Å². The first kappa shape index (κ1) is 22.0. The summed E-state index contributed by atoms with van der Waals surface area (Å²) in [5, 5.41) is 5.69. The van der Waals surface area contributed by atoms with Crippen LogP contribution in [0.4, 0.5) is 30.8 Å². The third kappa shape index (κ3) is 3.88. The number of H-pyrrole nitrogens is 1. The fourth-order valence-electron chi connectivity index (χ4n) is 4.84. The summed E-state index contributed by atoms with van der Waals surface area (Å²) in [6, 6.07) is 7.63. The number of halogens is 2. The zero-order valence-electron chi connectivity index (χ0n) is 19.1. The molecule has 1 aliphatic carbocycles. The third-order valence-corrected chi connectivity index (χ3v) is 6.53. The highest BCUT2D eigenvalue weighted by molar-refractivity contribution is 6.02. The standard InChI is InChI=1S/C25H22F2N8O/c26-13-5-7-17(27)19(9-13)34-25(36)31-14-6-8-18-20(10-14)33-23(32-18)16-11-35(15-3-1-2-4-15)24-21(16)22(28)29-12-30-24/h5-12,15H,1-4H2,(H,32,33)(H2,28,29,30)(H2,31,34,36). The lowest BCUT2D eigenvalue weighted by atomic mass is 10.2. The molecule has 0 aliphatic heterocycles. The second-order valence-corrected chi connectivity index (χ2v) is 8.87. The number of nitrogens with two attached hydrogens (primary N) is 1. The minimum atomic E-state index is -0.736. The molecule has 182 valence electrons. The number of hydrogen-bond acceptors (Lipinski definition) is 5. The van der Waals surface area contributed by atoms with Gasteiger partial charge in [-0.05, 0) is 43.2 Å². The summed E-state index contributed by atoms with van der Waals surface area (Å²) in [7, 11) is 0. The van der Waals surface area contributed by atoms with Crippen LogP contribution in [0.2, 0.25) is 0 Å². The van der Waals surface area contributed by atoms with Crippen molar-refractivity contribution >= 4 is 45.3 Å². The van der Waals surface area contributed by atoms with Gasteiger partial charge < -0.3 is 25.9 Å². The normalized spacial score (nSPS) is 14.1. The van der Waals surface area contributed by atoms with Crippen LogP contribution >= 0.6 is 0 Å². The second-order valence-electron chi connectivity index (χ2n) is 8.87. The molecule has 5 N–H and O–H groups in total. The lowest BCUT2D eigenvalue weighted by Gasteiger charge is -2.12. The number of aromatic nitrogens is 5. The van der Waals surface area contributed by atoms with Gasteiger partial charge in [-0.3, -0.25) is 0 Å². The summed E-state index contributed by atoms with van der Waals surface area (Å²) >= 11 is 0. The molecule has 0 atom stereocenters. The van der Waals surface area contributed by atoms with E-state index in [2.05, 4.69) is 30.2 Å². The van der Waals surface area contributed by atoms with Gasteiger partial charge in [0.1, 0.15) is 35.3 Å². The van der Waals surface area contributed by atoms with E-state index < -0.39 is 17.7 Å². The van der Waals surface area contributed by atoms with Crippen molar-refractivity contribution in [3.8, 4) is 11.4 Å². The van der Waals surface area contributed by atoms with Crippen LogP contribution in [0, 0.1) is 11.6 Å². The molecule has 1 fully saturated rings. The summed E-state index contributed by atoms with van der Waals surface area (Å²) in [6.07, 6.45) is 8.04. The molecular formula is C25H22F2N8O. The fourth-order valence-corrected chi connectivity index (χ4v) is 4.84. The number of carbonyl (C=O) groups is 1. The molecule has 11 heteroatoms. The highest BCUT2D eigenvalue weighted by Crippen LogP contribution is 2.38. The number of fused-ring (bicyclic) bond motifs is 2. The van der Waals surface area contributed by atoms with Crippen LogP contribution in [0.15, 0.2) is 48.9 Å². The summed E-state index contributed by atoms with van der Waals surface area (Å²) in [4.78, 5) is 29.1. The topological polar surface area (TPSA) is 127 Å². The number of amides is 2. The van der Waals surface area contributed by atoms with E-state index in [-0.39, 0.29) is 5.69 Å². The molecule has 2 amide bonds. The second kappa shape index (κ2) is 8.59. The van der Waals surface area contributed by atoms with Gasteiger partial charge >= 0.3 is 6.03 Å². The maximum atomic E-state index is 13.8. The van der Waals surface area contributed by atoms with Crippen molar-refractivity contribution < 1.29 is 13.6 Å². The van der Waals surface area contributed by atoms with Gasteiger partial charge in [-0.2, -0.15) is 0 Å². The Bertz CT molecular complexity index is 1620. The highest BCUT2D eigenvalue weighted by atomic mass is 19.1. The van der Waals surface area contributed by atoms with Crippen molar-refractivity contribution in [2.75, 3.05) is 16.4 Å². The van der Waals surface area contributed by atoms with E-state index in [1.165, 1.54) is 19.2 Å². The molecule has 0 spiro atoms. The first-order valence-corrected chi connectivity index (χ1v) is 11.6. The number of hydrogen-bond donors (Lipinski definition) is 4. The number of nitrogen functional groups attached to an aromatic ring is 1. The zero-order chi connectivity index (χ0) is 24.8. The van der Waals surface area contributed by atoms with Gasteiger partial charge in [0.05, 0.1) is 22.1 Å². The van der Waals surface area contributed by atoms with Crippen LogP contribution in [-0.2, 0) is 0 Å². The van der Waals surface area contributed by atoms with E-state index in [0.717, 1.165) is 47.6 Å². The first-order valence-electron chi connectivity index (χ1n) is 11.6. The van der Waals surface area contributed by atoms with E-state index in [1.54, 1.807) is 18.2 Å². The van der Waals surface area contributed by atoms with Crippen LogP contribution in [0.5, 0.6) is 0 Å². The van der Waals surface area contributed by atoms with E-state index in [0.29, 0.717) is 34.4 Å². The molecule has 5 aromatic rings. The SMILES string of the molecule is Nc1ncnc2c1c(-c1nc3ccc(NC(=O)Nc4cc(F)ccc4F)cc3[nH]1)cn2C1CCCC1. The Hall–Kier alpha value is -4.54. The first-order chi connectivity index (χ1) is 17.5. The number of aromatic amines is 1. The lowest BCUT2D eigenvalue weighted by molar-refractivity contribution is 0.262. The summed E-state index contributed by atoms with van der Waals surface area (Å²) in [5.74, 6) is -0.397. The van der Waals surface area contributed by atoms with Crippen molar-refractivity contribution in [2.45, 2.75) is 31.7 Å². The van der Waals surface area contributed by atoms with Crippen molar-refractivity contribution in [1.82, 2.24) is 24.5 Å². The Morgan fingerprint density at radius 1 is 1.08 bits per heavy atom. The van der Waals surface area contributed by atoms with E-state index in [9.17, 15) is 13.6 Å². The number of imidazole rings is 1. The van der Waals surface area contributed by atoms with Crippen LogP contribution < -0.4 is 16.4 Å². The van der Waals surface area contributed by atoms with Gasteiger partial charge in [0.15, 0.2) is 0 Å². The lowest BCUT2D eigenvalue weighted by Crippen LogP contribution is -2.20. The Kier molecular flexibility index (Phi) is 5.24. The summed E-state index contributed by atoms with van der Waals surface area (Å²) < 4.78 is 29.4. The molecule has 3 aromatic heterocycles.